The molecule has 1 aromatic carbocycles. The highest BCUT2D eigenvalue weighted by molar-refractivity contribution is 6.32. The van der Waals surface area contributed by atoms with Crippen LogP contribution in [0, 0.1) is 0 Å². The second kappa shape index (κ2) is 8.60. The lowest BCUT2D eigenvalue weighted by Crippen LogP contribution is -2.36. The maximum Gasteiger partial charge on any atom is 0.410 e. The Morgan fingerprint density at radius 3 is 2.69 bits per heavy atom. The lowest BCUT2D eigenvalue weighted by atomic mass is 10.1. The van der Waals surface area contributed by atoms with Crippen LogP contribution in [0.5, 0.6) is 5.75 Å². The van der Waals surface area contributed by atoms with Gasteiger partial charge in [0.1, 0.15) is 18.0 Å². The van der Waals surface area contributed by atoms with Gasteiger partial charge < -0.3 is 24.4 Å². The molecule has 0 saturated heterocycles. The van der Waals surface area contributed by atoms with Gasteiger partial charge in [0.15, 0.2) is 0 Å². The highest BCUT2D eigenvalue weighted by atomic mass is 35.5. The number of carbonyl (C=O) groups excluding carboxylic acids is 2. The van der Waals surface area contributed by atoms with Crippen molar-refractivity contribution in [2.45, 2.75) is 32.8 Å². The molecule has 8 heteroatoms. The van der Waals surface area contributed by atoms with Crippen LogP contribution < -0.4 is 10.1 Å². The Balaban J connectivity index is 1.66. The molecule has 1 N–H and O–H groups in total. The molecule has 1 aromatic rings. The third-order valence-corrected chi connectivity index (χ3v) is 3.84. The van der Waals surface area contributed by atoms with Gasteiger partial charge >= 0.3 is 6.09 Å². The molecule has 0 unspecified atom stereocenters. The van der Waals surface area contributed by atoms with Crippen molar-refractivity contribution < 1.29 is 23.8 Å². The van der Waals surface area contributed by atoms with Crippen LogP contribution in [-0.2, 0) is 20.7 Å². The molecule has 0 aliphatic carbocycles. The number of fused-ring (bicyclic) bond motifs is 1. The van der Waals surface area contributed by atoms with Gasteiger partial charge in [0.25, 0.3) is 0 Å². The zero-order valence-electron chi connectivity index (χ0n) is 15.6. The maximum absolute atomic E-state index is 11.8. The van der Waals surface area contributed by atoms with E-state index >= 15 is 0 Å². The van der Waals surface area contributed by atoms with Gasteiger partial charge in [-0.2, -0.15) is 0 Å². The fourth-order valence-corrected chi connectivity index (χ4v) is 2.50. The molecule has 0 fully saturated rings. The SMILES string of the molecule is CN(CCOCCOc1cc2c(cc1Cl)NC(=O)C2)C(=O)OC(C)(C)C. The van der Waals surface area contributed by atoms with Crippen LogP contribution in [0.4, 0.5) is 10.5 Å². The fourth-order valence-electron chi connectivity index (χ4n) is 2.28. The zero-order valence-corrected chi connectivity index (χ0v) is 16.3. The molecular formula is C18H25ClN2O5. The first kappa shape index (κ1) is 20.3. The summed E-state index contributed by atoms with van der Waals surface area (Å²) in [6, 6.07) is 3.46. The topological polar surface area (TPSA) is 77.1 Å². The number of carbonyl (C=O) groups is 2. The molecule has 7 nitrogen and oxygen atoms in total. The first-order valence-electron chi connectivity index (χ1n) is 8.42. The number of amides is 2. The average molecular weight is 385 g/mol. The van der Waals surface area contributed by atoms with Crippen molar-refractivity contribution in [3.05, 3.63) is 22.7 Å². The van der Waals surface area contributed by atoms with Crippen LogP contribution in [0.3, 0.4) is 0 Å². The fraction of sp³-hybridized carbons (Fsp3) is 0.556. The number of halogens is 1. The Bertz CT molecular complexity index is 672. The van der Waals surface area contributed by atoms with Crippen molar-refractivity contribution >= 4 is 29.3 Å². The van der Waals surface area contributed by atoms with Gasteiger partial charge in [0, 0.05) is 19.3 Å². The minimum atomic E-state index is -0.519. The van der Waals surface area contributed by atoms with Gasteiger partial charge in [-0.1, -0.05) is 11.6 Å². The highest BCUT2D eigenvalue weighted by Gasteiger charge is 2.20. The van der Waals surface area contributed by atoms with Gasteiger partial charge in [0.05, 0.1) is 24.7 Å². The van der Waals surface area contributed by atoms with Gasteiger partial charge in [-0.3, -0.25) is 4.79 Å². The molecule has 144 valence electrons. The number of ether oxygens (including phenoxy) is 3. The van der Waals surface area contributed by atoms with Gasteiger partial charge in [-0.05, 0) is 38.5 Å². The van der Waals surface area contributed by atoms with E-state index in [2.05, 4.69) is 5.32 Å². The summed E-state index contributed by atoms with van der Waals surface area (Å²) in [6.07, 6.45) is -0.0541. The second-order valence-corrected chi connectivity index (χ2v) is 7.43. The molecule has 0 radical (unpaired) electrons. The van der Waals surface area contributed by atoms with Crippen molar-refractivity contribution in [1.29, 1.82) is 0 Å². The normalized spacial score (nSPS) is 13.2. The summed E-state index contributed by atoms with van der Waals surface area (Å²) >= 11 is 6.15. The van der Waals surface area contributed by atoms with Crippen LogP contribution in [-0.4, -0.2) is 55.9 Å². The van der Waals surface area contributed by atoms with Crippen LogP contribution in [0.15, 0.2) is 12.1 Å². The van der Waals surface area contributed by atoms with Crippen LogP contribution in [0.2, 0.25) is 5.02 Å². The van der Waals surface area contributed by atoms with E-state index in [1.54, 1.807) is 19.2 Å². The predicted octanol–water partition coefficient (Wildman–Crippen LogP) is 3.10. The molecule has 1 aliphatic rings. The second-order valence-electron chi connectivity index (χ2n) is 7.03. The molecule has 2 rings (SSSR count). The number of benzene rings is 1. The first-order valence-corrected chi connectivity index (χ1v) is 8.80. The van der Waals surface area contributed by atoms with Gasteiger partial charge in [-0.15, -0.1) is 0 Å². The van der Waals surface area contributed by atoms with E-state index in [9.17, 15) is 9.59 Å². The lowest BCUT2D eigenvalue weighted by molar-refractivity contribution is -0.115. The monoisotopic (exact) mass is 384 g/mol. The molecular weight excluding hydrogens is 360 g/mol. The van der Waals surface area contributed by atoms with E-state index < -0.39 is 5.60 Å². The van der Waals surface area contributed by atoms with E-state index in [0.717, 1.165) is 11.3 Å². The molecule has 0 spiro atoms. The average Bonchev–Trinajstić information content (AvgIpc) is 2.87. The Labute approximate surface area is 158 Å². The van der Waals surface area contributed by atoms with E-state index in [4.69, 9.17) is 25.8 Å². The number of anilines is 1. The number of rotatable bonds is 7. The summed E-state index contributed by atoms with van der Waals surface area (Å²) in [5.41, 5.74) is 1.08. The molecule has 0 atom stereocenters. The quantitative estimate of drug-likeness (QED) is 0.731. The van der Waals surface area contributed by atoms with E-state index in [0.29, 0.717) is 43.6 Å². The van der Waals surface area contributed by atoms with Crippen LogP contribution in [0.1, 0.15) is 26.3 Å². The van der Waals surface area contributed by atoms with Crippen molar-refractivity contribution in [1.82, 2.24) is 4.90 Å². The summed E-state index contributed by atoms with van der Waals surface area (Å²) in [5.74, 6) is 0.474. The van der Waals surface area contributed by atoms with Crippen molar-refractivity contribution in [2.24, 2.45) is 0 Å². The summed E-state index contributed by atoms with van der Waals surface area (Å²) in [5, 5.41) is 3.18. The van der Waals surface area contributed by atoms with Gasteiger partial charge in [0.2, 0.25) is 5.91 Å². The van der Waals surface area contributed by atoms with Crippen molar-refractivity contribution in [3.63, 3.8) is 0 Å². The molecule has 0 aromatic heterocycles. The molecule has 1 aliphatic heterocycles. The standard InChI is InChI=1S/C18H25ClN2O5/c1-18(2,3)26-17(23)21(4)5-6-24-7-8-25-15-9-12-10-16(22)20-14(12)11-13(15)19/h9,11H,5-8,10H2,1-4H3,(H,20,22). The Morgan fingerprint density at radius 1 is 1.27 bits per heavy atom. The Morgan fingerprint density at radius 2 is 2.00 bits per heavy atom. The lowest BCUT2D eigenvalue weighted by Gasteiger charge is -2.24. The first-order chi connectivity index (χ1) is 12.2. The van der Waals surface area contributed by atoms with Crippen molar-refractivity contribution in [3.8, 4) is 5.75 Å². The number of likely N-dealkylation sites (N-methyl/N-ethyl adjacent to an activating group) is 1. The van der Waals surface area contributed by atoms with Crippen LogP contribution in [0.25, 0.3) is 0 Å². The zero-order chi connectivity index (χ0) is 19.3. The maximum atomic E-state index is 11.8. The Hall–Kier alpha value is -1.99. The number of hydrogen-bond donors (Lipinski definition) is 1. The molecule has 0 bridgehead atoms. The molecule has 0 saturated carbocycles. The summed E-state index contributed by atoms with van der Waals surface area (Å²) < 4.78 is 16.3. The Kier molecular flexibility index (Phi) is 6.72. The number of nitrogens with zero attached hydrogens (tertiary/aromatic N) is 1. The summed E-state index contributed by atoms with van der Waals surface area (Å²) in [7, 11) is 1.66. The summed E-state index contributed by atoms with van der Waals surface area (Å²) in [6.45, 7) is 6.93. The third kappa shape index (κ3) is 6.07. The predicted molar refractivity (Wildman–Crippen MR) is 99.0 cm³/mol. The van der Waals surface area contributed by atoms with E-state index in [1.807, 2.05) is 20.8 Å². The number of hydrogen-bond acceptors (Lipinski definition) is 5. The van der Waals surface area contributed by atoms with E-state index in [-0.39, 0.29) is 12.0 Å². The van der Waals surface area contributed by atoms with Gasteiger partial charge in [-0.25, -0.2) is 4.79 Å². The van der Waals surface area contributed by atoms with E-state index in [1.165, 1.54) is 4.90 Å². The molecule has 26 heavy (non-hydrogen) atoms. The van der Waals surface area contributed by atoms with Crippen LogP contribution >= 0.6 is 11.6 Å². The number of nitrogens with one attached hydrogen (secondary N) is 1. The molecule has 2 amide bonds. The van der Waals surface area contributed by atoms with Crippen molar-refractivity contribution in [2.75, 3.05) is 38.7 Å². The minimum Gasteiger partial charge on any atom is -0.490 e. The smallest absolute Gasteiger partial charge is 0.410 e. The highest BCUT2D eigenvalue weighted by Crippen LogP contribution is 2.34. The summed E-state index contributed by atoms with van der Waals surface area (Å²) in [4.78, 5) is 24.6. The molecule has 1 heterocycles. The minimum absolute atomic E-state index is 0.0503. The largest absolute Gasteiger partial charge is 0.490 e. The third-order valence-electron chi connectivity index (χ3n) is 3.54.